The molecule has 0 N–H and O–H groups in total. The molecule has 0 aromatic carbocycles. The van der Waals surface area contributed by atoms with E-state index in [2.05, 4.69) is 24.9 Å². The third kappa shape index (κ3) is 2.56. The molecular weight excluding hydrogens is 262 g/mol. The zero-order valence-electron chi connectivity index (χ0n) is 9.73. The second-order valence-corrected chi connectivity index (χ2v) is 4.06. The van der Waals surface area contributed by atoms with Crippen LogP contribution in [0.2, 0.25) is 5.28 Å². The SMILES string of the molecule is Clc1nc(-c2ccncc2)nc(-c2ccncc2)n1. The first kappa shape index (κ1) is 11.7. The molecular formula is C13H8ClN5. The molecule has 6 heteroatoms. The molecule has 5 nitrogen and oxygen atoms in total. The summed E-state index contributed by atoms with van der Waals surface area (Å²) < 4.78 is 0. The Morgan fingerprint density at radius 2 is 1.05 bits per heavy atom. The van der Waals surface area contributed by atoms with Crippen molar-refractivity contribution in [2.45, 2.75) is 0 Å². The van der Waals surface area contributed by atoms with Crippen molar-refractivity contribution in [1.82, 2.24) is 24.9 Å². The number of pyridine rings is 2. The molecule has 3 aromatic rings. The second-order valence-electron chi connectivity index (χ2n) is 3.72. The van der Waals surface area contributed by atoms with Crippen molar-refractivity contribution < 1.29 is 0 Å². The third-order valence-electron chi connectivity index (χ3n) is 2.49. The molecule has 19 heavy (non-hydrogen) atoms. The summed E-state index contributed by atoms with van der Waals surface area (Å²) in [6, 6.07) is 7.29. The lowest BCUT2D eigenvalue weighted by molar-refractivity contribution is 1.06. The quantitative estimate of drug-likeness (QED) is 0.716. The standard InChI is InChI=1S/C13H8ClN5/c14-13-18-11(9-1-5-15-6-2-9)17-12(19-13)10-3-7-16-8-4-10/h1-8H. The number of hydrogen-bond donors (Lipinski definition) is 0. The maximum Gasteiger partial charge on any atom is 0.226 e. The number of aromatic nitrogens is 5. The van der Waals surface area contributed by atoms with Crippen LogP contribution in [0.25, 0.3) is 22.8 Å². The number of nitrogens with zero attached hydrogens (tertiary/aromatic N) is 5. The van der Waals surface area contributed by atoms with Crippen LogP contribution in [-0.4, -0.2) is 24.9 Å². The van der Waals surface area contributed by atoms with Crippen LogP contribution in [0, 0.1) is 0 Å². The van der Waals surface area contributed by atoms with Gasteiger partial charge in [-0.1, -0.05) is 0 Å². The zero-order valence-corrected chi connectivity index (χ0v) is 10.5. The molecule has 0 aliphatic carbocycles. The summed E-state index contributed by atoms with van der Waals surface area (Å²) in [4.78, 5) is 20.6. The molecule has 0 unspecified atom stereocenters. The lowest BCUT2D eigenvalue weighted by Gasteiger charge is -2.04. The first-order valence-electron chi connectivity index (χ1n) is 5.55. The van der Waals surface area contributed by atoms with E-state index in [1.54, 1.807) is 24.8 Å². The van der Waals surface area contributed by atoms with Gasteiger partial charge in [-0.3, -0.25) is 9.97 Å². The van der Waals surface area contributed by atoms with Crippen LogP contribution >= 0.6 is 11.6 Å². The maximum absolute atomic E-state index is 5.96. The molecule has 3 heterocycles. The van der Waals surface area contributed by atoms with Gasteiger partial charge in [-0.05, 0) is 35.9 Å². The molecule has 92 valence electrons. The zero-order chi connectivity index (χ0) is 13.1. The minimum absolute atomic E-state index is 0.161. The van der Waals surface area contributed by atoms with Gasteiger partial charge >= 0.3 is 0 Å². The van der Waals surface area contributed by atoms with Crippen LogP contribution in [0.3, 0.4) is 0 Å². The Kier molecular flexibility index (Phi) is 3.12. The highest BCUT2D eigenvalue weighted by molar-refractivity contribution is 6.28. The first-order chi connectivity index (χ1) is 9.33. The number of rotatable bonds is 2. The third-order valence-corrected chi connectivity index (χ3v) is 2.65. The molecule has 0 bridgehead atoms. The van der Waals surface area contributed by atoms with Crippen LogP contribution in [0.5, 0.6) is 0 Å². The first-order valence-corrected chi connectivity index (χ1v) is 5.93. The molecule has 0 aliphatic heterocycles. The normalized spacial score (nSPS) is 10.4. The van der Waals surface area contributed by atoms with Gasteiger partial charge in [0.05, 0.1) is 0 Å². The van der Waals surface area contributed by atoms with Crippen molar-refractivity contribution in [2.75, 3.05) is 0 Å². The van der Waals surface area contributed by atoms with Crippen molar-refractivity contribution in [1.29, 1.82) is 0 Å². The predicted molar refractivity (Wildman–Crippen MR) is 71.3 cm³/mol. The van der Waals surface area contributed by atoms with E-state index in [0.717, 1.165) is 11.1 Å². The summed E-state index contributed by atoms with van der Waals surface area (Å²) in [5, 5.41) is 0.161. The fourth-order valence-electron chi connectivity index (χ4n) is 1.61. The maximum atomic E-state index is 5.96. The predicted octanol–water partition coefficient (Wildman–Crippen LogP) is 2.65. The van der Waals surface area contributed by atoms with Gasteiger partial charge in [0.15, 0.2) is 11.6 Å². The van der Waals surface area contributed by atoms with Crippen molar-refractivity contribution in [3.63, 3.8) is 0 Å². The van der Waals surface area contributed by atoms with Gasteiger partial charge in [0, 0.05) is 35.9 Å². The summed E-state index contributed by atoms with van der Waals surface area (Å²) in [5.41, 5.74) is 1.68. The van der Waals surface area contributed by atoms with E-state index in [-0.39, 0.29) is 5.28 Å². The highest BCUT2D eigenvalue weighted by Crippen LogP contribution is 2.20. The van der Waals surface area contributed by atoms with Gasteiger partial charge in [0.25, 0.3) is 0 Å². The minimum atomic E-state index is 0.161. The van der Waals surface area contributed by atoms with Crippen LogP contribution in [0.4, 0.5) is 0 Å². The summed E-state index contributed by atoms with van der Waals surface area (Å²) in [7, 11) is 0. The van der Waals surface area contributed by atoms with E-state index in [1.165, 1.54) is 0 Å². The second kappa shape index (κ2) is 5.07. The Hall–Kier alpha value is -2.40. The van der Waals surface area contributed by atoms with E-state index in [9.17, 15) is 0 Å². The number of halogens is 1. The smallest absolute Gasteiger partial charge is 0.226 e. The molecule has 0 radical (unpaired) electrons. The molecule has 0 saturated carbocycles. The fourth-order valence-corrected chi connectivity index (χ4v) is 1.77. The molecule has 0 spiro atoms. The van der Waals surface area contributed by atoms with Crippen LogP contribution in [-0.2, 0) is 0 Å². The largest absolute Gasteiger partial charge is 0.265 e. The Morgan fingerprint density at radius 1 is 0.632 bits per heavy atom. The van der Waals surface area contributed by atoms with Gasteiger partial charge in [-0.2, -0.15) is 9.97 Å². The van der Waals surface area contributed by atoms with Gasteiger partial charge in [-0.25, -0.2) is 4.98 Å². The van der Waals surface area contributed by atoms with Crippen LogP contribution in [0.1, 0.15) is 0 Å². The summed E-state index contributed by atoms with van der Waals surface area (Å²) in [6.07, 6.45) is 6.72. The summed E-state index contributed by atoms with van der Waals surface area (Å²) in [6.45, 7) is 0. The van der Waals surface area contributed by atoms with Crippen molar-refractivity contribution >= 4 is 11.6 Å². The van der Waals surface area contributed by atoms with E-state index < -0.39 is 0 Å². The van der Waals surface area contributed by atoms with E-state index >= 15 is 0 Å². The molecule has 3 rings (SSSR count). The van der Waals surface area contributed by atoms with E-state index in [0.29, 0.717) is 11.6 Å². The van der Waals surface area contributed by atoms with Crippen molar-refractivity contribution in [3.05, 3.63) is 54.3 Å². The van der Waals surface area contributed by atoms with Crippen LogP contribution in [0.15, 0.2) is 49.1 Å². The van der Waals surface area contributed by atoms with E-state index in [4.69, 9.17) is 11.6 Å². The van der Waals surface area contributed by atoms with Gasteiger partial charge in [0.2, 0.25) is 5.28 Å². The molecule has 0 aliphatic rings. The highest BCUT2D eigenvalue weighted by atomic mass is 35.5. The van der Waals surface area contributed by atoms with Crippen molar-refractivity contribution in [2.24, 2.45) is 0 Å². The average Bonchev–Trinajstić information content (AvgIpc) is 2.48. The van der Waals surface area contributed by atoms with Crippen molar-refractivity contribution in [3.8, 4) is 22.8 Å². The topological polar surface area (TPSA) is 64.5 Å². The van der Waals surface area contributed by atoms with Crippen LogP contribution < -0.4 is 0 Å². The Balaban J connectivity index is 2.12. The molecule has 0 saturated heterocycles. The summed E-state index contributed by atoms with van der Waals surface area (Å²) >= 11 is 5.96. The molecule has 3 aromatic heterocycles. The fraction of sp³-hybridized carbons (Fsp3) is 0. The number of hydrogen-bond acceptors (Lipinski definition) is 5. The highest BCUT2D eigenvalue weighted by Gasteiger charge is 2.08. The lowest BCUT2D eigenvalue weighted by Crippen LogP contribution is -1.97. The minimum Gasteiger partial charge on any atom is -0.265 e. The Bertz CT molecular complexity index is 630. The van der Waals surface area contributed by atoms with Gasteiger partial charge in [0.1, 0.15) is 0 Å². The average molecular weight is 270 g/mol. The molecule has 0 fully saturated rings. The molecule has 0 amide bonds. The monoisotopic (exact) mass is 269 g/mol. The summed E-state index contributed by atoms with van der Waals surface area (Å²) in [5.74, 6) is 1.04. The van der Waals surface area contributed by atoms with Gasteiger partial charge in [-0.15, -0.1) is 0 Å². The Labute approximate surface area is 114 Å². The lowest BCUT2D eigenvalue weighted by atomic mass is 10.2. The van der Waals surface area contributed by atoms with E-state index in [1.807, 2.05) is 24.3 Å². The molecule has 0 atom stereocenters. The van der Waals surface area contributed by atoms with Gasteiger partial charge < -0.3 is 0 Å². The Morgan fingerprint density at radius 3 is 1.47 bits per heavy atom.